The van der Waals surface area contributed by atoms with Gasteiger partial charge in [-0.25, -0.2) is 0 Å². The highest BCUT2D eigenvalue weighted by molar-refractivity contribution is 5.44. The zero-order valence-corrected chi connectivity index (χ0v) is 12.9. The van der Waals surface area contributed by atoms with E-state index in [1.165, 1.54) is 25.7 Å². The molecule has 4 heteroatoms. The number of fused-ring (bicyclic) bond motifs is 1. The van der Waals surface area contributed by atoms with E-state index < -0.39 is 0 Å². The number of ether oxygens (including phenoxy) is 2. The van der Waals surface area contributed by atoms with Gasteiger partial charge >= 0.3 is 0 Å². The van der Waals surface area contributed by atoms with E-state index >= 15 is 0 Å². The summed E-state index contributed by atoms with van der Waals surface area (Å²) in [5.74, 6) is 1.67. The molecule has 2 N–H and O–H groups in total. The first-order valence-corrected chi connectivity index (χ1v) is 8.17. The van der Waals surface area contributed by atoms with E-state index in [1.54, 1.807) is 0 Å². The molecular formula is C17H26N2O2. The van der Waals surface area contributed by atoms with Gasteiger partial charge in [0.2, 0.25) is 0 Å². The molecule has 21 heavy (non-hydrogen) atoms. The molecule has 0 radical (unpaired) electrons. The van der Waals surface area contributed by atoms with E-state index in [0.29, 0.717) is 13.2 Å². The van der Waals surface area contributed by atoms with Gasteiger partial charge in [-0.15, -0.1) is 0 Å². The summed E-state index contributed by atoms with van der Waals surface area (Å²) in [6.45, 7) is 5.47. The number of likely N-dealkylation sites (N-methyl/N-ethyl adjacent to an activating group) is 1. The fourth-order valence-corrected chi connectivity index (χ4v) is 3.45. The molecule has 1 saturated carbocycles. The topological polar surface area (TPSA) is 47.7 Å². The normalized spacial score (nSPS) is 20.0. The van der Waals surface area contributed by atoms with Crippen molar-refractivity contribution in [2.75, 3.05) is 26.3 Å². The summed E-state index contributed by atoms with van der Waals surface area (Å²) < 4.78 is 11.2. The fourth-order valence-electron chi connectivity index (χ4n) is 3.45. The first-order chi connectivity index (χ1) is 10.3. The number of nitrogens with two attached hydrogens (primary N) is 1. The van der Waals surface area contributed by atoms with E-state index in [4.69, 9.17) is 15.2 Å². The van der Waals surface area contributed by atoms with Crippen LogP contribution in [0.15, 0.2) is 18.2 Å². The molecule has 0 saturated heterocycles. The van der Waals surface area contributed by atoms with Gasteiger partial charge in [0.15, 0.2) is 11.5 Å². The Hall–Kier alpha value is -1.26. The molecule has 3 rings (SSSR count). The highest BCUT2D eigenvalue weighted by Crippen LogP contribution is 2.33. The Morgan fingerprint density at radius 1 is 1.19 bits per heavy atom. The lowest BCUT2D eigenvalue weighted by Crippen LogP contribution is -2.38. The largest absolute Gasteiger partial charge is 0.486 e. The number of hydrogen-bond donors (Lipinski definition) is 1. The molecule has 0 aromatic heterocycles. The minimum atomic E-state index is 0.0291. The van der Waals surface area contributed by atoms with Crippen molar-refractivity contribution in [3.63, 3.8) is 0 Å². The maximum Gasteiger partial charge on any atom is 0.161 e. The number of benzene rings is 1. The van der Waals surface area contributed by atoms with Crippen LogP contribution in [0.4, 0.5) is 0 Å². The highest BCUT2D eigenvalue weighted by Gasteiger charge is 2.24. The number of rotatable bonds is 5. The van der Waals surface area contributed by atoms with Crippen molar-refractivity contribution < 1.29 is 9.47 Å². The summed E-state index contributed by atoms with van der Waals surface area (Å²) in [5.41, 5.74) is 7.57. The molecule has 1 aliphatic heterocycles. The van der Waals surface area contributed by atoms with Crippen molar-refractivity contribution in [1.82, 2.24) is 4.90 Å². The standard InChI is InChI=1S/C17H26N2O2/c1-2-19(14-5-3-4-6-14)12-15(18)13-7-8-16-17(11-13)21-10-9-20-16/h7-8,11,14-15H,2-6,9-10,12,18H2,1H3. The third-order valence-electron chi connectivity index (χ3n) is 4.67. The Labute approximate surface area is 127 Å². The lowest BCUT2D eigenvalue weighted by molar-refractivity contribution is 0.170. The van der Waals surface area contributed by atoms with Crippen LogP contribution < -0.4 is 15.2 Å². The van der Waals surface area contributed by atoms with Crippen molar-refractivity contribution in [2.24, 2.45) is 5.73 Å². The Balaban J connectivity index is 1.67. The van der Waals surface area contributed by atoms with Crippen molar-refractivity contribution in [2.45, 2.75) is 44.7 Å². The molecule has 0 amide bonds. The van der Waals surface area contributed by atoms with Crippen LogP contribution in [0.3, 0.4) is 0 Å². The molecule has 116 valence electrons. The van der Waals surface area contributed by atoms with E-state index in [2.05, 4.69) is 17.9 Å². The Bertz CT molecular complexity index is 472. The average molecular weight is 290 g/mol. The second-order valence-electron chi connectivity index (χ2n) is 6.04. The smallest absolute Gasteiger partial charge is 0.161 e. The minimum Gasteiger partial charge on any atom is -0.486 e. The van der Waals surface area contributed by atoms with Gasteiger partial charge in [-0.2, -0.15) is 0 Å². The second kappa shape index (κ2) is 6.67. The van der Waals surface area contributed by atoms with Gasteiger partial charge in [0.1, 0.15) is 13.2 Å². The SMILES string of the molecule is CCN(CC(N)c1ccc2c(c1)OCCO2)C1CCCC1. The molecule has 1 aromatic carbocycles. The molecule has 1 unspecified atom stereocenters. The molecule has 1 aliphatic carbocycles. The molecule has 4 nitrogen and oxygen atoms in total. The lowest BCUT2D eigenvalue weighted by atomic mass is 10.0. The fraction of sp³-hybridized carbons (Fsp3) is 0.647. The second-order valence-corrected chi connectivity index (χ2v) is 6.04. The van der Waals surface area contributed by atoms with Crippen LogP contribution in [-0.2, 0) is 0 Å². The summed E-state index contributed by atoms with van der Waals surface area (Å²) in [6, 6.07) is 6.84. The Morgan fingerprint density at radius 3 is 2.62 bits per heavy atom. The molecule has 1 fully saturated rings. The molecule has 1 atom stereocenters. The highest BCUT2D eigenvalue weighted by atomic mass is 16.6. The van der Waals surface area contributed by atoms with Crippen molar-refractivity contribution in [3.05, 3.63) is 23.8 Å². The van der Waals surface area contributed by atoms with Crippen LogP contribution in [-0.4, -0.2) is 37.2 Å². The molecule has 0 bridgehead atoms. The maximum absolute atomic E-state index is 6.43. The van der Waals surface area contributed by atoms with Crippen LogP contribution in [0, 0.1) is 0 Å². The van der Waals surface area contributed by atoms with E-state index in [9.17, 15) is 0 Å². The summed E-state index contributed by atoms with van der Waals surface area (Å²) >= 11 is 0. The van der Waals surface area contributed by atoms with Gasteiger partial charge in [0.25, 0.3) is 0 Å². The van der Waals surface area contributed by atoms with Crippen molar-refractivity contribution >= 4 is 0 Å². The molecular weight excluding hydrogens is 264 g/mol. The zero-order valence-electron chi connectivity index (χ0n) is 12.9. The summed E-state index contributed by atoms with van der Waals surface area (Å²) in [5, 5.41) is 0. The quantitative estimate of drug-likeness (QED) is 0.906. The summed E-state index contributed by atoms with van der Waals surface area (Å²) in [6.07, 6.45) is 5.37. The van der Waals surface area contributed by atoms with E-state index in [-0.39, 0.29) is 6.04 Å². The molecule has 2 aliphatic rings. The minimum absolute atomic E-state index is 0.0291. The van der Waals surface area contributed by atoms with Crippen LogP contribution in [0.2, 0.25) is 0 Å². The van der Waals surface area contributed by atoms with Crippen molar-refractivity contribution in [1.29, 1.82) is 0 Å². The summed E-state index contributed by atoms with van der Waals surface area (Å²) in [4.78, 5) is 2.54. The average Bonchev–Trinajstić information content (AvgIpc) is 3.06. The van der Waals surface area contributed by atoms with Gasteiger partial charge in [-0.05, 0) is 37.1 Å². The first kappa shape index (κ1) is 14.7. The van der Waals surface area contributed by atoms with Crippen LogP contribution >= 0.6 is 0 Å². The maximum atomic E-state index is 6.43. The lowest BCUT2D eigenvalue weighted by Gasteiger charge is -2.30. The predicted molar refractivity (Wildman–Crippen MR) is 83.9 cm³/mol. The summed E-state index contributed by atoms with van der Waals surface area (Å²) in [7, 11) is 0. The Morgan fingerprint density at radius 2 is 1.90 bits per heavy atom. The van der Waals surface area contributed by atoms with Crippen LogP contribution in [0.1, 0.15) is 44.2 Å². The Kier molecular flexibility index (Phi) is 4.66. The van der Waals surface area contributed by atoms with Gasteiger partial charge in [-0.3, -0.25) is 4.90 Å². The molecule has 0 spiro atoms. The van der Waals surface area contributed by atoms with E-state index in [1.807, 2.05) is 12.1 Å². The van der Waals surface area contributed by atoms with Gasteiger partial charge in [-0.1, -0.05) is 25.8 Å². The van der Waals surface area contributed by atoms with Gasteiger partial charge < -0.3 is 15.2 Å². The van der Waals surface area contributed by atoms with E-state index in [0.717, 1.165) is 36.2 Å². The molecule has 1 heterocycles. The number of hydrogen-bond acceptors (Lipinski definition) is 4. The van der Waals surface area contributed by atoms with Gasteiger partial charge in [0.05, 0.1) is 0 Å². The number of nitrogens with zero attached hydrogens (tertiary/aromatic N) is 1. The monoisotopic (exact) mass is 290 g/mol. The third kappa shape index (κ3) is 3.33. The van der Waals surface area contributed by atoms with Crippen molar-refractivity contribution in [3.8, 4) is 11.5 Å². The molecule has 1 aromatic rings. The first-order valence-electron chi connectivity index (χ1n) is 8.17. The van der Waals surface area contributed by atoms with Crippen LogP contribution in [0.25, 0.3) is 0 Å². The predicted octanol–water partition coefficient (Wildman–Crippen LogP) is 2.72. The van der Waals surface area contributed by atoms with Crippen LogP contribution in [0.5, 0.6) is 11.5 Å². The van der Waals surface area contributed by atoms with Gasteiger partial charge in [0, 0.05) is 18.6 Å². The zero-order chi connectivity index (χ0) is 14.7. The third-order valence-corrected chi connectivity index (χ3v) is 4.67.